The fourth-order valence-corrected chi connectivity index (χ4v) is 3.76. The molecule has 0 radical (unpaired) electrons. The van der Waals surface area contributed by atoms with Gasteiger partial charge in [0.2, 0.25) is 10.0 Å². The molecule has 0 aliphatic carbocycles. The SMILES string of the molecule is COc1cc(C)c(C)cc1S(=O)(=O)NCCNC(=O)c1ccccc1C. The Hall–Kier alpha value is -2.38. The van der Waals surface area contributed by atoms with Gasteiger partial charge in [0.05, 0.1) is 7.11 Å². The lowest BCUT2D eigenvalue weighted by Gasteiger charge is -2.13. The Balaban J connectivity index is 2.00. The van der Waals surface area contributed by atoms with Crippen LogP contribution in [0, 0.1) is 20.8 Å². The molecule has 2 N–H and O–H groups in total. The van der Waals surface area contributed by atoms with Crippen LogP contribution in [0.15, 0.2) is 41.3 Å². The van der Waals surface area contributed by atoms with Gasteiger partial charge in [-0.25, -0.2) is 13.1 Å². The van der Waals surface area contributed by atoms with Gasteiger partial charge in [-0.2, -0.15) is 0 Å². The molecule has 0 aliphatic rings. The molecule has 0 heterocycles. The van der Waals surface area contributed by atoms with E-state index in [9.17, 15) is 13.2 Å². The van der Waals surface area contributed by atoms with Gasteiger partial charge < -0.3 is 10.1 Å². The predicted octanol–water partition coefficient (Wildman–Crippen LogP) is 2.33. The molecular formula is C19H24N2O4S. The van der Waals surface area contributed by atoms with E-state index in [0.29, 0.717) is 11.3 Å². The van der Waals surface area contributed by atoms with E-state index in [1.54, 1.807) is 24.3 Å². The maximum Gasteiger partial charge on any atom is 0.251 e. The van der Waals surface area contributed by atoms with Crippen molar-refractivity contribution in [3.05, 3.63) is 58.7 Å². The first kappa shape index (κ1) is 19.9. The van der Waals surface area contributed by atoms with Crippen molar-refractivity contribution in [2.45, 2.75) is 25.7 Å². The average molecular weight is 376 g/mol. The number of rotatable bonds is 7. The molecule has 0 aromatic heterocycles. The highest BCUT2D eigenvalue weighted by Gasteiger charge is 2.20. The highest BCUT2D eigenvalue weighted by atomic mass is 32.2. The van der Waals surface area contributed by atoms with E-state index in [1.165, 1.54) is 7.11 Å². The van der Waals surface area contributed by atoms with Crippen LogP contribution in [0.2, 0.25) is 0 Å². The Morgan fingerprint density at radius 3 is 2.31 bits per heavy atom. The summed E-state index contributed by atoms with van der Waals surface area (Å²) in [6.45, 7) is 5.85. The molecule has 0 saturated heterocycles. The fraction of sp³-hybridized carbons (Fsp3) is 0.316. The van der Waals surface area contributed by atoms with Gasteiger partial charge in [0.25, 0.3) is 5.91 Å². The molecule has 6 nitrogen and oxygen atoms in total. The summed E-state index contributed by atoms with van der Waals surface area (Å²) in [7, 11) is -2.30. The van der Waals surface area contributed by atoms with Crippen LogP contribution < -0.4 is 14.8 Å². The van der Waals surface area contributed by atoms with E-state index in [2.05, 4.69) is 10.0 Å². The molecule has 0 aliphatic heterocycles. The normalized spacial score (nSPS) is 11.2. The maximum atomic E-state index is 12.5. The summed E-state index contributed by atoms with van der Waals surface area (Å²) >= 11 is 0. The zero-order valence-corrected chi connectivity index (χ0v) is 16.2. The van der Waals surface area contributed by atoms with Gasteiger partial charge in [0.1, 0.15) is 10.6 Å². The zero-order chi connectivity index (χ0) is 19.3. The Kier molecular flexibility index (Phi) is 6.39. The number of methoxy groups -OCH3 is 1. The summed E-state index contributed by atoms with van der Waals surface area (Å²) in [4.78, 5) is 12.2. The number of benzene rings is 2. The number of carbonyl (C=O) groups excluding carboxylic acids is 1. The Bertz CT molecular complexity index is 908. The minimum absolute atomic E-state index is 0.0794. The molecule has 0 bridgehead atoms. The van der Waals surface area contributed by atoms with Crippen molar-refractivity contribution in [1.82, 2.24) is 10.0 Å². The van der Waals surface area contributed by atoms with Crippen molar-refractivity contribution < 1.29 is 17.9 Å². The summed E-state index contributed by atoms with van der Waals surface area (Å²) in [5, 5.41) is 2.72. The van der Waals surface area contributed by atoms with Gasteiger partial charge in [0.15, 0.2) is 0 Å². The van der Waals surface area contributed by atoms with E-state index in [0.717, 1.165) is 16.7 Å². The van der Waals surface area contributed by atoms with E-state index in [1.807, 2.05) is 32.9 Å². The first-order valence-electron chi connectivity index (χ1n) is 8.25. The van der Waals surface area contributed by atoms with Crippen LogP contribution in [0.1, 0.15) is 27.0 Å². The number of amides is 1. The number of sulfonamides is 1. The van der Waals surface area contributed by atoms with E-state index in [-0.39, 0.29) is 23.9 Å². The topological polar surface area (TPSA) is 84.5 Å². The monoisotopic (exact) mass is 376 g/mol. The highest BCUT2D eigenvalue weighted by molar-refractivity contribution is 7.89. The van der Waals surface area contributed by atoms with Gasteiger partial charge in [-0.15, -0.1) is 0 Å². The Morgan fingerprint density at radius 2 is 1.65 bits per heavy atom. The van der Waals surface area contributed by atoms with Crippen molar-refractivity contribution in [3.63, 3.8) is 0 Å². The third kappa shape index (κ3) is 4.62. The molecule has 0 unspecified atom stereocenters. The Labute approximate surface area is 154 Å². The molecule has 0 spiro atoms. The average Bonchev–Trinajstić information content (AvgIpc) is 2.60. The lowest BCUT2D eigenvalue weighted by molar-refractivity contribution is 0.0953. The minimum Gasteiger partial charge on any atom is -0.495 e. The molecule has 0 saturated carbocycles. The predicted molar refractivity (Wildman–Crippen MR) is 101 cm³/mol. The van der Waals surface area contributed by atoms with Gasteiger partial charge in [-0.3, -0.25) is 4.79 Å². The van der Waals surface area contributed by atoms with Gasteiger partial charge in [-0.05, 0) is 55.7 Å². The molecule has 2 aromatic rings. The number of hydrogen-bond acceptors (Lipinski definition) is 4. The standard InChI is InChI=1S/C19H24N2O4S/c1-13-7-5-6-8-16(13)19(22)20-9-10-21-26(23,24)18-12-15(3)14(2)11-17(18)25-4/h5-8,11-12,21H,9-10H2,1-4H3,(H,20,22). The van der Waals surface area contributed by atoms with E-state index >= 15 is 0 Å². The number of carbonyl (C=O) groups is 1. The number of hydrogen-bond donors (Lipinski definition) is 2. The largest absolute Gasteiger partial charge is 0.495 e. The number of ether oxygens (including phenoxy) is 1. The van der Waals surface area contributed by atoms with E-state index < -0.39 is 10.0 Å². The first-order chi connectivity index (χ1) is 12.3. The molecule has 2 rings (SSSR count). The van der Waals surface area contributed by atoms with Gasteiger partial charge in [-0.1, -0.05) is 18.2 Å². The minimum atomic E-state index is -3.74. The summed E-state index contributed by atoms with van der Waals surface area (Å²) in [6.07, 6.45) is 0. The summed E-state index contributed by atoms with van der Waals surface area (Å²) in [5.41, 5.74) is 3.25. The first-order valence-corrected chi connectivity index (χ1v) is 9.73. The van der Waals surface area contributed by atoms with Crippen molar-refractivity contribution in [3.8, 4) is 5.75 Å². The smallest absolute Gasteiger partial charge is 0.251 e. The lowest BCUT2D eigenvalue weighted by Crippen LogP contribution is -2.35. The van der Waals surface area contributed by atoms with Crippen LogP contribution in [0.4, 0.5) is 0 Å². The number of nitrogens with one attached hydrogen (secondary N) is 2. The fourth-order valence-electron chi connectivity index (χ4n) is 2.49. The third-order valence-corrected chi connectivity index (χ3v) is 5.64. The molecule has 1 amide bonds. The number of aryl methyl sites for hydroxylation is 3. The summed E-state index contributed by atoms with van der Waals surface area (Å²) in [5.74, 6) is 0.0654. The van der Waals surface area contributed by atoms with Crippen LogP contribution in [-0.4, -0.2) is 34.5 Å². The van der Waals surface area contributed by atoms with Crippen LogP contribution in [0.25, 0.3) is 0 Å². The van der Waals surface area contributed by atoms with Gasteiger partial charge in [0, 0.05) is 18.7 Å². The third-order valence-electron chi connectivity index (χ3n) is 4.16. The maximum absolute atomic E-state index is 12.5. The van der Waals surface area contributed by atoms with Crippen LogP contribution in [0.3, 0.4) is 0 Å². The van der Waals surface area contributed by atoms with Crippen molar-refractivity contribution in [2.75, 3.05) is 20.2 Å². The lowest BCUT2D eigenvalue weighted by atomic mass is 10.1. The molecule has 2 aromatic carbocycles. The van der Waals surface area contributed by atoms with Crippen molar-refractivity contribution in [1.29, 1.82) is 0 Å². The second-order valence-corrected chi connectivity index (χ2v) is 7.79. The summed E-state index contributed by atoms with van der Waals surface area (Å²) in [6, 6.07) is 10.5. The quantitative estimate of drug-likeness (QED) is 0.727. The molecule has 7 heteroatoms. The molecule has 0 fully saturated rings. The zero-order valence-electron chi connectivity index (χ0n) is 15.4. The Morgan fingerprint density at radius 1 is 1.00 bits per heavy atom. The van der Waals surface area contributed by atoms with Crippen molar-refractivity contribution in [2.24, 2.45) is 0 Å². The summed E-state index contributed by atoms with van der Waals surface area (Å²) < 4.78 is 32.8. The second-order valence-electron chi connectivity index (χ2n) is 6.06. The van der Waals surface area contributed by atoms with Gasteiger partial charge >= 0.3 is 0 Å². The molecule has 140 valence electrons. The van der Waals surface area contributed by atoms with Crippen LogP contribution in [-0.2, 0) is 10.0 Å². The second kappa shape index (κ2) is 8.33. The van der Waals surface area contributed by atoms with Crippen molar-refractivity contribution >= 4 is 15.9 Å². The molecular weight excluding hydrogens is 352 g/mol. The molecule has 0 atom stereocenters. The molecule has 26 heavy (non-hydrogen) atoms. The van der Waals surface area contributed by atoms with E-state index in [4.69, 9.17) is 4.74 Å². The highest BCUT2D eigenvalue weighted by Crippen LogP contribution is 2.27. The van der Waals surface area contributed by atoms with Crippen LogP contribution >= 0.6 is 0 Å². The van der Waals surface area contributed by atoms with Crippen LogP contribution in [0.5, 0.6) is 5.75 Å².